The molecule has 1 heterocycles. The van der Waals surface area contributed by atoms with Crippen LogP contribution in [0.15, 0.2) is 52.2 Å². The van der Waals surface area contributed by atoms with Crippen LogP contribution in [0.25, 0.3) is 10.9 Å². The number of carbonyl (C=O) groups excluding carboxylic acids is 2. The summed E-state index contributed by atoms with van der Waals surface area (Å²) in [6.07, 6.45) is 2.90. The summed E-state index contributed by atoms with van der Waals surface area (Å²) in [5, 5.41) is 7.70. The predicted molar refractivity (Wildman–Crippen MR) is 138 cm³/mol. The highest BCUT2D eigenvalue weighted by Crippen LogP contribution is 2.35. The van der Waals surface area contributed by atoms with Gasteiger partial charge in [0.2, 0.25) is 0 Å². The topological polar surface area (TPSA) is 114 Å². The van der Waals surface area contributed by atoms with Gasteiger partial charge in [-0.05, 0) is 51.2 Å². The van der Waals surface area contributed by atoms with Gasteiger partial charge < -0.3 is 24.5 Å². The van der Waals surface area contributed by atoms with E-state index in [0.717, 1.165) is 16.5 Å². The summed E-state index contributed by atoms with van der Waals surface area (Å²) in [4.78, 5) is 28.5. The zero-order valence-electron chi connectivity index (χ0n) is 20.1. The summed E-state index contributed by atoms with van der Waals surface area (Å²) in [7, 11) is 3.08. The fourth-order valence-corrected chi connectivity index (χ4v) is 4.04. The van der Waals surface area contributed by atoms with Gasteiger partial charge >= 0.3 is 6.09 Å². The van der Waals surface area contributed by atoms with E-state index in [1.807, 2.05) is 44.3 Å². The lowest BCUT2D eigenvalue weighted by atomic mass is 10.0. The summed E-state index contributed by atoms with van der Waals surface area (Å²) < 4.78 is 16.5. The van der Waals surface area contributed by atoms with Crippen molar-refractivity contribution in [2.45, 2.75) is 26.3 Å². The number of nitrogens with one attached hydrogen (secondary N) is 3. The molecule has 0 fully saturated rings. The molecule has 2 amide bonds. The Bertz CT molecular complexity index is 1210. The Hall–Kier alpha value is -3.53. The molecule has 2 aromatic carbocycles. The fourth-order valence-electron chi connectivity index (χ4n) is 3.42. The number of alkyl carbamates (subject to hydrolysis) is 1. The SMILES string of the molecule is COc1cc(/C=N\NC(=O)[C@H](Cc2c[nH]c3ccccc23)NC(=O)OCC(C)C)cc(Br)c1OC. The number of H-pyrrole nitrogens is 1. The van der Waals surface area contributed by atoms with Gasteiger partial charge in [-0.15, -0.1) is 0 Å². The first-order chi connectivity index (χ1) is 16.8. The van der Waals surface area contributed by atoms with E-state index in [1.54, 1.807) is 19.2 Å². The Morgan fingerprint density at radius 2 is 1.94 bits per heavy atom. The van der Waals surface area contributed by atoms with E-state index in [9.17, 15) is 9.59 Å². The Balaban J connectivity index is 1.75. The molecule has 3 rings (SSSR count). The van der Waals surface area contributed by atoms with Crippen LogP contribution >= 0.6 is 15.9 Å². The number of amides is 2. The standard InChI is InChI=1S/C25H29BrN4O5/c1-15(2)14-35-25(32)29-21(11-17-13-27-20-8-6-5-7-18(17)20)24(31)30-28-12-16-9-19(26)23(34-4)22(10-16)33-3/h5-10,12-13,15,21,27H,11,14H2,1-4H3,(H,29,32)(H,30,31)/b28-12-/t21-/m0/s1. The molecule has 1 atom stereocenters. The normalized spacial score (nSPS) is 12.1. The average Bonchev–Trinajstić information content (AvgIpc) is 3.24. The van der Waals surface area contributed by atoms with E-state index in [2.05, 4.69) is 36.8 Å². The molecule has 0 radical (unpaired) electrons. The number of hydrogen-bond donors (Lipinski definition) is 3. The van der Waals surface area contributed by atoms with Gasteiger partial charge in [0.25, 0.3) is 5.91 Å². The number of ether oxygens (including phenoxy) is 3. The molecular formula is C25H29BrN4O5. The molecule has 3 N–H and O–H groups in total. The molecule has 9 nitrogen and oxygen atoms in total. The van der Waals surface area contributed by atoms with Crippen LogP contribution in [0, 0.1) is 5.92 Å². The molecule has 0 saturated heterocycles. The fraction of sp³-hybridized carbons (Fsp3) is 0.320. The van der Waals surface area contributed by atoms with Crippen LogP contribution in [0.5, 0.6) is 11.5 Å². The first kappa shape index (κ1) is 26.1. The minimum atomic E-state index is -0.900. The third kappa shape index (κ3) is 6.98. The molecule has 0 saturated carbocycles. The van der Waals surface area contributed by atoms with Crippen LogP contribution in [0.3, 0.4) is 0 Å². The van der Waals surface area contributed by atoms with Crippen LogP contribution in [0.1, 0.15) is 25.0 Å². The quantitative estimate of drug-likeness (QED) is 0.258. The lowest BCUT2D eigenvalue weighted by Gasteiger charge is -2.17. The summed E-state index contributed by atoms with van der Waals surface area (Å²) in [5.41, 5.74) is 5.02. The van der Waals surface area contributed by atoms with E-state index < -0.39 is 18.0 Å². The number of aromatic amines is 1. The largest absolute Gasteiger partial charge is 0.493 e. The lowest BCUT2D eigenvalue weighted by molar-refractivity contribution is -0.123. The van der Waals surface area contributed by atoms with E-state index in [-0.39, 0.29) is 18.9 Å². The van der Waals surface area contributed by atoms with Crippen LogP contribution in [-0.4, -0.2) is 50.1 Å². The highest BCUT2D eigenvalue weighted by atomic mass is 79.9. The maximum atomic E-state index is 13.0. The molecule has 0 aliphatic rings. The Morgan fingerprint density at radius 1 is 1.17 bits per heavy atom. The second kappa shape index (κ2) is 12.3. The molecule has 0 unspecified atom stereocenters. The molecule has 0 spiro atoms. The Morgan fingerprint density at radius 3 is 2.66 bits per heavy atom. The molecule has 10 heteroatoms. The molecule has 3 aromatic rings. The van der Waals surface area contributed by atoms with Crippen molar-refractivity contribution in [2.24, 2.45) is 11.0 Å². The second-order valence-corrected chi connectivity index (χ2v) is 9.08. The Labute approximate surface area is 212 Å². The first-order valence-corrected chi connectivity index (χ1v) is 11.8. The third-order valence-electron chi connectivity index (χ3n) is 5.10. The van der Waals surface area contributed by atoms with Gasteiger partial charge in [-0.25, -0.2) is 10.2 Å². The summed E-state index contributed by atoms with van der Waals surface area (Å²) >= 11 is 3.43. The van der Waals surface area contributed by atoms with Crippen LogP contribution < -0.4 is 20.2 Å². The van der Waals surface area contributed by atoms with E-state index >= 15 is 0 Å². The summed E-state index contributed by atoms with van der Waals surface area (Å²) in [6, 6.07) is 10.4. The summed E-state index contributed by atoms with van der Waals surface area (Å²) in [6.45, 7) is 4.12. The zero-order valence-corrected chi connectivity index (χ0v) is 21.6. The highest BCUT2D eigenvalue weighted by molar-refractivity contribution is 9.10. The van der Waals surface area contributed by atoms with Crippen LogP contribution in [0.2, 0.25) is 0 Å². The number of hydrazone groups is 1. The number of carbonyl (C=O) groups is 2. The number of hydrogen-bond acceptors (Lipinski definition) is 6. The molecular weight excluding hydrogens is 516 g/mol. The van der Waals surface area contributed by atoms with Gasteiger partial charge in [-0.1, -0.05) is 32.0 Å². The van der Waals surface area contributed by atoms with E-state index in [1.165, 1.54) is 13.3 Å². The Kier molecular flexibility index (Phi) is 9.13. The van der Waals surface area contributed by atoms with Crippen molar-refractivity contribution in [1.82, 2.24) is 15.7 Å². The number of benzene rings is 2. The van der Waals surface area contributed by atoms with Gasteiger partial charge in [0.1, 0.15) is 6.04 Å². The minimum absolute atomic E-state index is 0.173. The maximum absolute atomic E-state index is 13.0. The molecule has 0 aliphatic heterocycles. The monoisotopic (exact) mass is 544 g/mol. The zero-order chi connectivity index (χ0) is 25.4. The van der Waals surface area contributed by atoms with Crippen LogP contribution in [0.4, 0.5) is 4.79 Å². The maximum Gasteiger partial charge on any atom is 0.407 e. The number of nitrogens with zero attached hydrogens (tertiary/aromatic N) is 1. The number of fused-ring (bicyclic) bond motifs is 1. The minimum Gasteiger partial charge on any atom is -0.493 e. The molecule has 35 heavy (non-hydrogen) atoms. The van der Waals surface area contributed by atoms with Gasteiger partial charge in [0, 0.05) is 23.5 Å². The number of halogens is 1. The lowest BCUT2D eigenvalue weighted by Crippen LogP contribution is -2.47. The molecule has 0 aliphatic carbocycles. The van der Waals surface area contributed by atoms with Gasteiger partial charge in [-0.3, -0.25) is 4.79 Å². The first-order valence-electron chi connectivity index (χ1n) is 11.0. The van der Waals surface area contributed by atoms with Crippen molar-refractivity contribution in [3.05, 3.63) is 58.2 Å². The van der Waals surface area contributed by atoms with Crippen molar-refractivity contribution < 1.29 is 23.8 Å². The van der Waals surface area contributed by atoms with Crippen molar-refractivity contribution in [3.63, 3.8) is 0 Å². The van der Waals surface area contributed by atoms with Crippen molar-refractivity contribution in [3.8, 4) is 11.5 Å². The van der Waals surface area contributed by atoms with Gasteiger partial charge in [0.05, 0.1) is 31.5 Å². The van der Waals surface area contributed by atoms with Gasteiger partial charge in [0.15, 0.2) is 11.5 Å². The molecule has 1 aromatic heterocycles. The average molecular weight is 545 g/mol. The third-order valence-corrected chi connectivity index (χ3v) is 5.69. The van der Waals surface area contributed by atoms with Crippen LogP contribution in [-0.2, 0) is 16.0 Å². The van der Waals surface area contributed by atoms with E-state index in [4.69, 9.17) is 14.2 Å². The van der Waals surface area contributed by atoms with Crippen molar-refractivity contribution in [1.29, 1.82) is 0 Å². The predicted octanol–water partition coefficient (Wildman–Crippen LogP) is 4.39. The number of rotatable bonds is 10. The van der Waals surface area contributed by atoms with Crippen molar-refractivity contribution >= 4 is 45.0 Å². The highest BCUT2D eigenvalue weighted by Gasteiger charge is 2.23. The number of para-hydroxylation sites is 1. The summed E-state index contributed by atoms with van der Waals surface area (Å²) in [5.74, 6) is 0.762. The van der Waals surface area contributed by atoms with Gasteiger partial charge in [-0.2, -0.15) is 5.10 Å². The van der Waals surface area contributed by atoms with Crippen molar-refractivity contribution in [2.75, 3.05) is 20.8 Å². The number of aromatic nitrogens is 1. The smallest absolute Gasteiger partial charge is 0.407 e. The molecule has 0 bridgehead atoms. The number of methoxy groups -OCH3 is 2. The van der Waals surface area contributed by atoms with E-state index in [0.29, 0.717) is 21.5 Å². The second-order valence-electron chi connectivity index (χ2n) is 8.23. The molecule has 186 valence electrons.